The second kappa shape index (κ2) is 20.4. The number of aromatic nitrogens is 5. The molecule has 0 aliphatic carbocycles. The molecule has 0 amide bonds. The number of carboxylic acid groups (broad SMARTS) is 2. The first kappa shape index (κ1) is 41.4. The van der Waals surface area contributed by atoms with E-state index < -0.39 is 23.8 Å². The van der Waals surface area contributed by atoms with Gasteiger partial charge in [0, 0.05) is 18.1 Å². The summed E-state index contributed by atoms with van der Waals surface area (Å²) in [6.45, 7) is 11.0. The summed E-state index contributed by atoms with van der Waals surface area (Å²) in [5.41, 5.74) is -0.123. The average Bonchev–Trinajstić information content (AvgIpc) is 3.57. The van der Waals surface area contributed by atoms with Crippen LogP contribution in [0.4, 0.5) is 13.2 Å². The summed E-state index contributed by atoms with van der Waals surface area (Å²) in [6.07, 6.45) is -0.383. The van der Waals surface area contributed by atoms with Gasteiger partial charge >= 0.3 is 37.6 Å². The number of halogens is 3. The molecule has 2 N–H and O–H groups in total. The van der Waals surface area contributed by atoms with Crippen molar-refractivity contribution in [1.82, 2.24) is 25.1 Å². The standard InChI is InChI=1S/C18H12N4O4.C9H5F3N3.C2H6.CHNS.Ru/c1-3-13(21-10(2)9-19)15-7-12(18(25)26)8-16(22-15)14-6-11(17(23)24)4-5-20-14;10-9(11,12)8-5-7(14-15-8)6-3-1-2-4-13-6;1-2;2-1-3;/h3-8H,1-2H2,(H,23,24)(H,25,26);1-5H;1-2H3;3H;/q;-1;;;+2/p-1. The Morgan fingerprint density at radius 1 is 0.979 bits per heavy atom. The first-order chi connectivity index (χ1) is 21.8. The molecule has 0 radical (unpaired) electrons. The maximum absolute atomic E-state index is 12.2. The number of nitrogens with zero attached hydrogens (tertiary/aromatic N) is 8. The Hall–Kier alpha value is -5.64. The van der Waals surface area contributed by atoms with E-state index in [9.17, 15) is 27.9 Å². The molecule has 0 bridgehead atoms. The van der Waals surface area contributed by atoms with E-state index in [0.29, 0.717) is 5.69 Å². The van der Waals surface area contributed by atoms with Gasteiger partial charge in [-0.05, 0) is 48.5 Å². The van der Waals surface area contributed by atoms with Gasteiger partial charge in [0.2, 0.25) is 0 Å². The van der Waals surface area contributed by atoms with E-state index in [4.69, 9.17) is 15.6 Å². The number of rotatable bonds is 7. The number of allylic oxidation sites excluding steroid dienone is 2. The number of aromatic carboxylic acids is 2. The van der Waals surface area contributed by atoms with Gasteiger partial charge < -0.3 is 33.0 Å². The molecule has 12 nitrogen and oxygen atoms in total. The zero-order valence-corrected chi connectivity index (χ0v) is 27.0. The van der Waals surface area contributed by atoms with Crippen LogP contribution in [-0.4, -0.2) is 47.9 Å². The van der Waals surface area contributed by atoms with E-state index in [2.05, 4.69) is 55.9 Å². The number of carbonyl (C=O) groups is 2. The van der Waals surface area contributed by atoms with Crippen LogP contribution in [0.15, 0.2) is 90.8 Å². The molecule has 0 aromatic carbocycles. The number of hydrogen-bond acceptors (Lipinski definition) is 10. The van der Waals surface area contributed by atoms with Gasteiger partial charge in [0.15, 0.2) is 0 Å². The van der Waals surface area contributed by atoms with E-state index in [1.54, 1.807) is 24.3 Å². The molecular formula is C30H23F3N8O4RuS. The summed E-state index contributed by atoms with van der Waals surface area (Å²) in [5, 5.41) is 42.2. The average molecular weight is 750 g/mol. The van der Waals surface area contributed by atoms with Crippen molar-refractivity contribution < 1.29 is 52.5 Å². The van der Waals surface area contributed by atoms with Crippen molar-refractivity contribution in [3.63, 3.8) is 0 Å². The quantitative estimate of drug-likeness (QED) is 0.0768. The fourth-order valence-corrected chi connectivity index (χ4v) is 3.07. The van der Waals surface area contributed by atoms with Crippen LogP contribution in [0.3, 0.4) is 0 Å². The minimum absolute atomic E-state index is 0. The number of nitriles is 2. The van der Waals surface area contributed by atoms with Crippen molar-refractivity contribution >= 4 is 30.3 Å². The third-order valence-corrected chi connectivity index (χ3v) is 4.94. The molecule has 4 aromatic heterocycles. The molecule has 0 unspecified atom stereocenters. The van der Waals surface area contributed by atoms with Gasteiger partial charge in [-0.15, -0.1) is 0 Å². The molecule has 17 heteroatoms. The molecule has 0 aliphatic rings. The normalized spacial score (nSPS) is 9.89. The fraction of sp³-hybridized carbons (Fsp3) is 0.100. The Bertz CT molecular complexity index is 1800. The molecule has 47 heavy (non-hydrogen) atoms. The smallest absolute Gasteiger partial charge is 0.696 e. The van der Waals surface area contributed by atoms with Crippen molar-refractivity contribution in [2.45, 2.75) is 20.0 Å². The van der Waals surface area contributed by atoms with Gasteiger partial charge in [-0.3, -0.25) is 9.97 Å². The molecule has 0 spiro atoms. The molecule has 0 atom stereocenters. The van der Waals surface area contributed by atoms with Gasteiger partial charge in [0.25, 0.3) is 0 Å². The number of alkyl halides is 3. The fourth-order valence-electron chi connectivity index (χ4n) is 3.07. The topological polar surface area (TPSA) is 200 Å². The van der Waals surface area contributed by atoms with Crippen LogP contribution in [0.25, 0.3) is 22.8 Å². The summed E-state index contributed by atoms with van der Waals surface area (Å²) in [4.78, 5) is 38.7. The summed E-state index contributed by atoms with van der Waals surface area (Å²) in [6, 6.07) is 12.7. The van der Waals surface area contributed by atoms with Gasteiger partial charge in [-0.2, -0.15) is 18.4 Å². The first-order valence-electron chi connectivity index (χ1n) is 12.6. The predicted octanol–water partition coefficient (Wildman–Crippen LogP) is 5.71. The van der Waals surface area contributed by atoms with Crippen LogP contribution in [0, 0.1) is 22.0 Å². The Kier molecular flexibility index (Phi) is 18.0. The van der Waals surface area contributed by atoms with Gasteiger partial charge in [-0.25, -0.2) is 24.8 Å². The SMILES string of the molecule is C=CC(=NC(=C)C#N)c1cc(C(=O)O)cc(-c2cc(C(=O)O)ccn2)n1.CC.FC(F)(F)c1cc(-c2ccccn2)[n-]n1.N#C[S-].[Ru+2]. The number of thiocyanates is 1. The first-order valence-corrected chi connectivity index (χ1v) is 13.0. The number of hydrogen-bond donors (Lipinski definition) is 2. The zero-order chi connectivity index (χ0) is 34.9. The monoisotopic (exact) mass is 750 g/mol. The maximum Gasteiger partial charge on any atom is 2.00 e. The van der Waals surface area contributed by atoms with Crippen molar-refractivity contribution in [2.75, 3.05) is 0 Å². The largest absolute Gasteiger partial charge is 2.00 e. The second-order valence-corrected chi connectivity index (χ2v) is 8.03. The third kappa shape index (κ3) is 13.1. The van der Waals surface area contributed by atoms with E-state index in [1.807, 2.05) is 13.8 Å². The van der Waals surface area contributed by atoms with E-state index in [1.165, 1.54) is 48.1 Å². The number of aliphatic imine (C=N–C) groups is 1. The van der Waals surface area contributed by atoms with Gasteiger partial charge in [0.1, 0.15) is 17.5 Å². The molecule has 242 valence electrons. The van der Waals surface area contributed by atoms with Crippen LogP contribution in [0.1, 0.15) is 46.0 Å². The summed E-state index contributed by atoms with van der Waals surface area (Å²) in [7, 11) is 0. The van der Waals surface area contributed by atoms with Crippen molar-refractivity contribution in [3.8, 4) is 34.2 Å². The molecule has 0 saturated carbocycles. The van der Waals surface area contributed by atoms with E-state index >= 15 is 0 Å². The van der Waals surface area contributed by atoms with Crippen molar-refractivity contribution in [2.24, 2.45) is 4.99 Å². The predicted molar refractivity (Wildman–Crippen MR) is 163 cm³/mol. The Labute approximate surface area is 285 Å². The minimum Gasteiger partial charge on any atom is -0.696 e. The summed E-state index contributed by atoms with van der Waals surface area (Å²) in [5.74, 6) is -2.37. The van der Waals surface area contributed by atoms with E-state index in [0.717, 1.165) is 6.07 Å². The Morgan fingerprint density at radius 2 is 1.57 bits per heavy atom. The molecule has 4 rings (SSSR count). The van der Waals surface area contributed by atoms with Gasteiger partial charge in [0.05, 0.1) is 33.9 Å². The molecular weight excluding hydrogens is 727 g/mol. The van der Waals surface area contributed by atoms with E-state index in [-0.39, 0.29) is 64.8 Å². The van der Waals surface area contributed by atoms with Crippen LogP contribution in [0.5, 0.6) is 0 Å². The minimum atomic E-state index is -4.46. The van der Waals surface area contributed by atoms with Crippen molar-refractivity contribution in [3.05, 3.63) is 108 Å². The summed E-state index contributed by atoms with van der Waals surface area (Å²) < 4.78 is 36.6. The number of carboxylic acids is 2. The Morgan fingerprint density at radius 3 is 2.06 bits per heavy atom. The zero-order valence-electron chi connectivity index (χ0n) is 24.4. The number of pyridine rings is 3. The molecule has 4 aromatic rings. The van der Waals surface area contributed by atoms with Crippen LogP contribution in [-0.2, 0) is 38.3 Å². The Balaban J connectivity index is 0.000000853. The third-order valence-electron chi connectivity index (χ3n) is 4.94. The second-order valence-electron chi connectivity index (χ2n) is 7.84. The molecule has 0 saturated heterocycles. The van der Waals surface area contributed by atoms with Crippen LogP contribution >= 0.6 is 0 Å². The molecule has 0 fully saturated rings. The molecule has 0 aliphatic heterocycles. The van der Waals surface area contributed by atoms with Crippen molar-refractivity contribution in [1.29, 1.82) is 10.5 Å². The van der Waals surface area contributed by atoms with Gasteiger partial charge in [-0.1, -0.05) is 44.2 Å². The molecule has 4 heterocycles. The summed E-state index contributed by atoms with van der Waals surface area (Å²) >= 11 is 3.70. The van der Waals surface area contributed by atoms with Crippen LogP contribution in [0.2, 0.25) is 0 Å². The maximum atomic E-state index is 12.2. The van der Waals surface area contributed by atoms with Crippen LogP contribution < -0.4 is 5.10 Å².